The van der Waals surface area contributed by atoms with Crippen LogP contribution >= 0.6 is 23.2 Å². The van der Waals surface area contributed by atoms with Gasteiger partial charge in [-0.2, -0.15) is 0 Å². The van der Waals surface area contributed by atoms with Crippen LogP contribution in [0, 0.1) is 0 Å². The van der Waals surface area contributed by atoms with E-state index in [0.29, 0.717) is 42.1 Å². The maximum atomic E-state index is 9.79. The van der Waals surface area contributed by atoms with Crippen LogP contribution in [-0.2, 0) is 4.74 Å². The first-order chi connectivity index (χ1) is 9.99. The highest BCUT2D eigenvalue weighted by atomic mass is 35.5. The minimum absolute atomic E-state index is 0.154. The first kappa shape index (κ1) is 18.3. The molecule has 6 heteroatoms. The Morgan fingerprint density at radius 1 is 1.43 bits per heavy atom. The molecule has 0 fully saturated rings. The minimum atomic E-state index is -0.627. The van der Waals surface area contributed by atoms with Gasteiger partial charge in [-0.1, -0.05) is 35.4 Å². The van der Waals surface area contributed by atoms with E-state index in [1.54, 1.807) is 18.2 Å². The van der Waals surface area contributed by atoms with Crippen molar-refractivity contribution in [1.82, 2.24) is 5.32 Å². The topological polar surface area (TPSA) is 50.7 Å². The second-order valence-corrected chi connectivity index (χ2v) is 5.60. The van der Waals surface area contributed by atoms with Gasteiger partial charge in [0.25, 0.3) is 0 Å². The Balaban J connectivity index is 2.13. The fourth-order valence-corrected chi connectivity index (χ4v) is 1.96. The summed E-state index contributed by atoms with van der Waals surface area (Å²) in [6, 6.07) is 4.96. The number of halogens is 2. The van der Waals surface area contributed by atoms with E-state index in [2.05, 4.69) is 11.9 Å². The van der Waals surface area contributed by atoms with Crippen LogP contribution in [-0.4, -0.2) is 44.1 Å². The number of ether oxygens (including phenoxy) is 2. The van der Waals surface area contributed by atoms with Gasteiger partial charge >= 0.3 is 0 Å². The van der Waals surface area contributed by atoms with Crippen molar-refractivity contribution in [2.75, 3.05) is 32.9 Å². The van der Waals surface area contributed by atoms with Crippen LogP contribution in [0.2, 0.25) is 10.0 Å². The fourth-order valence-electron chi connectivity index (χ4n) is 1.50. The van der Waals surface area contributed by atoms with Crippen molar-refractivity contribution in [2.45, 2.75) is 13.0 Å². The van der Waals surface area contributed by atoms with E-state index in [1.165, 1.54) is 0 Å². The Kier molecular flexibility index (Phi) is 8.73. The lowest BCUT2D eigenvalue weighted by Crippen LogP contribution is -2.33. The van der Waals surface area contributed by atoms with Gasteiger partial charge in [0.2, 0.25) is 0 Å². The average Bonchev–Trinajstić information content (AvgIpc) is 2.41. The molecule has 0 radical (unpaired) electrons. The molecular formula is C15H21Cl2NO3. The molecular weight excluding hydrogens is 313 g/mol. The van der Waals surface area contributed by atoms with E-state index in [4.69, 9.17) is 32.7 Å². The van der Waals surface area contributed by atoms with Crippen molar-refractivity contribution >= 4 is 23.2 Å². The Labute approximate surface area is 135 Å². The lowest BCUT2D eigenvalue weighted by molar-refractivity contribution is 0.101. The number of rotatable bonds is 10. The summed E-state index contributed by atoms with van der Waals surface area (Å²) in [5.41, 5.74) is 0.989. The molecule has 0 spiro atoms. The predicted molar refractivity (Wildman–Crippen MR) is 86.5 cm³/mol. The van der Waals surface area contributed by atoms with Crippen LogP contribution in [0.25, 0.3) is 0 Å². The highest BCUT2D eigenvalue weighted by molar-refractivity contribution is 6.35. The second kappa shape index (κ2) is 10.0. The molecule has 0 saturated heterocycles. The number of benzene rings is 1. The molecule has 0 aromatic heterocycles. The van der Waals surface area contributed by atoms with Gasteiger partial charge in [-0.05, 0) is 25.1 Å². The summed E-state index contributed by atoms with van der Waals surface area (Å²) in [6.45, 7) is 8.02. The molecule has 1 aromatic carbocycles. The second-order valence-electron chi connectivity index (χ2n) is 4.75. The zero-order chi connectivity index (χ0) is 15.7. The summed E-state index contributed by atoms with van der Waals surface area (Å²) in [4.78, 5) is 0. The third kappa shape index (κ3) is 8.29. The van der Waals surface area contributed by atoms with Crippen LogP contribution in [0.1, 0.15) is 6.92 Å². The summed E-state index contributed by atoms with van der Waals surface area (Å²) in [5.74, 6) is 0.505. The summed E-state index contributed by atoms with van der Waals surface area (Å²) >= 11 is 11.8. The summed E-state index contributed by atoms with van der Waals surface area (Å²) in [7, 11) is 0. The molecule has 0 bridgehead atoms. The Morgan fingerprint density at radius 2 is 2.19 bits per heavy atom. The zero-order valence-electron chi connectivity index (χ0n) is 12.1. The summed E-state index contributed by atoms with van der Waals surface area (Å²) in [5, 5.41) is 13.8. The van der Waals surface area contributed by atoms with Gasteiger partial charge in [0, 0.05) is 18.1 Å². The molecule has 1 unspecified atom stereocenters. The SMILES string of the molecule is C=C(C)COCCNCC(O)COc1ccc(Cl)cc1Cl. The average molecular weight is 334 g/mol. The van der Waals surface area contributed by atoms with Gasteiger partial charge in [-0.25, -0.2) is 0 Å². The molecule has 118 valence electrons. The predicted octanol–water partition coefficient (Wildman–Crippen LogP) is 2.92. The molecule has 0 aliphatic carbocycles. The molecule has 21 heavy (non-hydrogen) atoms. The lowest BCUT2D eigenvalue weighted by atomic mass is 10.3. The van der Waals surface area contributed by atoms with E-state index in [-0.39, 0.29) is 6.61 Å². The monoisotopic (exact) mass is 333 g/mol. The van der Waals surface area contributed by atoms with Gasteiger partial charge in [0.15, 0.2) is 0 Å². The maximum Gasteiger partial charge on any atom is 0.138 e. The number of aliphatic hydroxyl groups excluding tert-OH is 1. The summed E-state index contributed by atoms with van der Waals surface area (Å²) in [6.07, 6.45) is -0.627. The molecule has 0 saturated carbocycles. The molecule has 0 aliphatic heterocycles. The third-order valence-corrected chi connectivity index (χ3v) is 3.01. The molecule has 0 amide bonds. The Hall–Kier alpha value is -0.780. The minimum Gasteiger partial charge on any atom is -0.489 e. The van der Waals surface area contributed by atoms with Gasteiger partial charge in [-0.15, -0.1) is 0 Å². The van der Waals surface area contributed by atoms with E-state index in [1.807, 2.05) is 6.92 Å². The van der Waals surface area contributed by atoms with Crippen molar-refractivity contribution in [2.24, 2.45) is 0 Å². The smallest absolute Gasteiger partial charge is 0.138 e. The van der Waals surface area contributed by atoms with Crippen LogP contribution in [0.5, 0.6) is 5.75 Å². The zero-order valence-corrected chi connectivity index (χ0v) is 13.6. The van der Waals surface area contributed by atoms with Crippen molar-refractivity contribution < 1.29 is 14.6 Å². The van der Waals surface area contributed by atoms with Gasteiger partial charge in [0.05, 0.1) is 18.2 Å². The molecule has 1 atom stereocenters. The van der Waals surface area contributed by atoms with Crippen LogP contribution < -0.4 is 10.1 Å². The van der Waals surface area contributed by atoms with Crippen LogP contribution in [0.15, 0.2) is 30.4 Å². The summed E-state index contributed by atoms with van der Waals surface area (Å²) < 4.78 is 10.8. The highest BCUT2D eigenvalue weighted by Crippen LogP contribution is 2.27. The number of aliphatic hydroxyl groups is 1. The van der Waals surface area contributed by atoms with Crippen molar-refractivity contribution in [1.29, 1.82) is 0 Å². The molecule has 4 nitrogen and oxygen atoms in total. The van der Waals surface area contributed by atoms with Gasteiger partial charge in [-0.3, -0.25) is 0 Å². The van der Waals surface area contributed by atoms with Gasteiger partial charge in [0.1, 0.15) is 18.5 Å². The number of hydrogen-bond acceptors (Lipinski definition) is 4. The number of nitrogens with one attached hydrogen (secondary N) is 1. The van der Waals surface area contributed by atoms with E-state index in [0.717, 1.165) is 5.57 Å². The van der Waals surface area contributed by atoms with E-state index >= 15 is 0 Å². The largest absolute Gasteiger partial charge is 0.489 e. The normalized spacial score (nSPS) is 12.2. The third-order valence-electron chi connectivity index (χ3n) is 2.48. The fraction of sp³-hybridized carbons (Fsp3) is 0.467. The van der Waals surface area contributed by atoms with Crippen molar-refractivity contribution in [3.05, 3.63) is 40.4 Å². The maximum absolute atomic E-state index is 9.79. The van der Waals surface area contributed by atoms with Crippen molar-refractivity contribution in [3.63, 3.8) is 0 Å². The van der Waals surface area contributed by atoms with Crippen LogP contribution in [0.4, 0.5) is 0 Å². The first-order valence-corrected chi connectivity index (χ1v) is 7.43. The van der Waals surface area contributed by atoms with Gasteiger partial charge < -0.3 is 19.9 Å². The molecule has 1 rings (SSSR count). The lowest BCUT2D eigenvalue weighted by Gasteiger charge is -2.14. The van der Waals surface area contributed by atoms with Crippen LogP contribution in [0.3, 0.4) is 0 Å². The Morgan fingerprint density at radius 3 is 2.86 bits per heavy atom. The Bertz CT molecular complexity index is 455. The molecule has 2 N–H and O–H groups in total. The van der Waals surface area contributed by atoms with E-state index in [9.17, 15) is 5.11 Å². The standard InChI is InChI=1S/C15H21Cl2NO3/c1-11(2)9-20-6-5-18-8-13(19)10-21-15-4-3-12(16)7-14(15)17/h3-4,7,13,18-19H,1,5-6,8-10H2,2H3. The number of hydrogen-bond donors (Lipinski definition) is 2. The van der Waals surface area contributed by atoms with E-state index < -0.39 is 6.10 Å². The molecule has 1 aromatic rings. The molecule has 0 aliphatic rings. The first-order valence-electron chi connectivity index (χ1n) is 6.68. The van der Waals surface area contributed by atoms with Crippen molar-refractivity contribution in [3.8, 4) is 5.75 Å². The quantitative estimate of drug-likeness (QED) is 0.510. The molecule has 0 heterocycles. The highest BCUT2D eigenvalue weighted by Gasteiger charge is 2.07.